The van der Waals surface area contributed by atoms with Crippen molar-refractivity contribution in [2.24, 2.45) is 0 Å². The van der Waals surface area contributed by atoms with Gasteiger partial charge in [-0.05, 0) is 30.3 Å². The predicted octanol–water partition coefficient (Wildman–Crippen LogP) is 3.86. The first kappa shape index (κ1) is 16.6. The highest BCUT2D eigenvalue weighted by molar-refractivity contribution is 8.00. The van der Waals surface area contributed by atoms with Crippen LogP contribution in [0.15, 0.2) is 41.3 Å². The van der Waals surface area contributed by atoms with Gasteiger partial charge < -0.3 is 14.8 Å². The molecule has 126 valence electrons. The van der Waals surface area contributed by atoms with Gasteiger partial charge in [0.15, 0.2) is 11.5 Å². The van der Waals surface area contributed by atoms with Crippen LogP contribution in [0.3, 0.4) is 0 Å². The van der Waals surface area contributed by atoms with Crippen LogP contribution in [0, 0.1) is 11.6 Å². The molecule has 1 N–H and O–H groups in total. The second-order valence-electron chi connectivity index (χ2n) is 5.15. The summed E-state index contributed by atoms with van der Waals surface area (Å²) in [6, 6.07) is 8.36. The van der Waals surface area contributed by atoms with Gasteiger partial charge in [0.2, 0.25) is 5.91 Å². The van der Waals surface area contributed by atoms with Gasteiger partial charge in [0.1, 0.15) is 11.6 Å². The fourth-order valence-corrected chi connectivity index (χ4v) is 2.93. The van der Waals surface area contributed by atoms with Crippen LogP contribution in [0.25, 0.3) is 0 Å². The number of benzene rings is 2. The first-order valence-corrected chi connectivity index (χ1v) is 8.37. The van der Waals surface area contributed by atoms with Crippen LogP contribution in [0.2, 0.25) is 0 Å². The monoisotopic (exact) mass is 351 g/mol. The van der Waals surface area contributed by atoms with Crippen molar-refractivity contribution in [1.29, 1.82) is 0 Å². The van der Waals surface area contributed by atoms with E-state index < -0.39 is 11.6 Å². The highest BCUT2D eigenvalue weighted by Crippen LogP contribution is 2.33. The molecular weight excluding hydrogens is 336 g/mol. The second-order valence-corrected chi connectivity index (χ2v) is 6.20. The van der Waals surface area contributed by atoms with Gasteiger partial charge >= 0.3 is 0 Å². The molecule has 4 nitrogen and oxygen atoms in total. The second kappa shape index (κ2) is 7.53. The van der Waals surface area contributed by atoms with E-state index in [1.165, 1.54) is 11.8 Å². The molecule has 0 spiro atoms. The summed E-state index contributed by atoms with van der Waals surface area (Å²) in [6.45, 7) is 1.21. The summed E-state index contributed by atoms with van der Waals surface area (Å²) in [6.07, 6.45) is 0.823. The van der Waals surface area contributed by atoms with E-state index in [0.29, 0.717) is 24.7 Å². The Hall–Kier alpha value is -2.28. The Labute approximate surface area is 142 Å². The average Bonchev–Trinajstić information content (AvgIpc) is 2.76. The molecule has 0 aromatic heterocycles. The Morgan fingerprint density at radius 1 is 1.04 bits per heavy atom. The van der Waals surface area contributed by atoms with Crippen LogP contribution < -0.4 is 14.8 Å². The van der Waals surface area contributed by atoms with Crippen LogP contribution in [-0.2, 0) is 4.79 Å². The third-order valence-electron chi connectivity index (χ3n) is 3.24. The molecule has 7 heteroatoms. The van der Waals surface area contributed by atoms with Crippen molar-refractivity contribution >= 4 is 23.4 Å². The number of carbonyl (C=O) groups is 1. The zero-order valence-electron chi connectivity index (χ0n) is 12.7. The van der Waals surface area contributed by atoms with E-state index in [4.69, 9.17) is 9.47 Å². The average molecular weight is 351 g/mol. The van der Waals surface area contributed by atoms with Gasteiger partial charge in [-0.1, -0.05) is 0 Å². The standard InChI is InChI=1S/C17H15F2NO3S/c18-11-6-12(19)8-13(7-11)20-17(21)10-24-14-2-3-15-16(9-14)23-5-1-4-22-15/h2-3,6-9H,1,4-5,10H2,(H,20,21). The van der Waals surface area contributed by atoms with Crippen LogP contribution in [0.4, 0.5) is 14.5 Å². The van der Waals surface area contributed by atoms with Crippen LogP contribution >= 0.6 is 11.8 Å². The maximum absolute atomic E-state index is 13.1. The van der Waals surface area contributed by atoms with Gasteiger partial charge in [-0.15, -0.1) is 11.8 Å². The summed E-state index contributed by atoms with van der Waals surface area (Å²) in [5.41, 5.74) is 0.0942. The Morgan fingerprint density at radius 3 is 2.50 bits per heavy atom. The zero-order valence-corrected chi connectivity index (χ0v) is 13.5. The molecule has 0 unspecified atom stereocenters. The highest BCUT2D eigenvalue weighted by atomic mass is 32.2. The third-order valence-corrected chi connectivity index (χ3v) is 4.23. The molecule has 0 saturated carbocycles. The fourth-order valence-electron chi connectivity index (χ4n) is 2.21. The minimum atomic E-state index is -0.735. The lowest BCUT2D eigenvalue weighted by Crippen LogP contribution is -2.14. The van der Waals surface area contributed by atoms with Gasteiger partial charge in [-0.25, -0.2) is 8.78 Å². The quantitative estimate of drug-likeness (QED) is 0.850. The van der Waals surface area contributed by atoms with Crippen molar-refractivity contribution in [1.82, 2.24) is 0 Å². The third kappa shape index (κ3) is 4.38. The first-order valence-electron chi connectivity index (χ1n) is 7.38. The molecule has 0 aliphatic carbocycles. The summed E-state index contributed by atoms with van der Waals surface area (Å²) < 4.78 is 37.3. The maximum atomic E-state index is 13.1. The van der Waals surface area contributed by atoms with Crippen LogP contribution in [0.1, 0.15) is 6.42 Å². The van der Waals surface area contributed by atoms with Crippen molar-refractivity contribution in [3.8, 4) is 11.5 Å². The number of amides is 1. The lowest BCUT2D eigenvalue weighted by Gasteiger charge is -2.09. The smallest absolute Gasteiger partial charge is 0.234 e. The Kier molecular flexibility index (Phi) is 5.20. The van der Waals surface area contributed by atoms with Crippen LogP contribution in [-0.4, -0.2) is 24.9 Å². The van der Waals surface area contributed by atoms with E-state index in [2.05, 4.69) is 5.32 Å². The molecule has 2 aromatic carbocycles. The highest BCUT2D eigenvalue weighted by Gasteiger charge is 2.12. The summed E-state index contributed by atoms with van der Waals surface area (Å²) >= 11 is 1.30. The van der Waals surface area contributed by atoms with Gasteiger partial charge in [0.05, 0.1) is 19.0 Å². The summed E-state index contributed by atoms with van der Waals surface area (Å²) in [7, 11) is 0. The van der Waals surface area contributed by atoms with Crippen LogP contribution in [0.5, 0.6) is 11.5 Å². The number of hydrogen-bond acceptors (Lipinski definition) is 4. The molecule has 1 aliphatic heterocycles. The topological polar surface area (TPSA) is 47.6 Å². The number of halogens is 2. The maximum Gasteiger partial charge on any atom is 0.234 e. The Bertz CT molecular complexity index is 734. The molecule has 0 saturated heterocycles. The molecule has 0 bridgehead atoms. The predicted molar refractivity (Wildman–Crippen MR) is 87.8 cm³/mol. The number of hydrogen-bond donors (Lipinski definition) is 1. The van der Waals surface area contributed by atoms with Crippen molar-refractivity contribution in [2.75, 3.05) is 24.3 Å². The Morgan fingerprint density at radius 2 is 1.75 bits per heavy atom. The number of thioether (sulfide) groups is 1. The van der Waals surface area contributed by atoms with Gasteiger partial charge in [0.25, 0.3) is 0 Å². The normalized spacial score (nSPS) is 13.2. The molecule has 1 heterocycles. The number of anilines is 1. The largest absolute Gasteiger partial charge is 0.490 e. The van der Waals surface area contributed by atoms with Crippen molar-refractivity contribution in [2.45, 2.75) is 11.3 Å². The molecular formula is C17H15F2NO3S. The Balaban J connectivity index is 1.59. The summed E-state index contributed by atoms with van der Waals surface area (Å²) in [4.78, 5) is 12.8. The van der Waals surface area contributed by atoms with Gasteiger partial charge in [0, 0.05) is 23.1 Å². The number of carbonyl (C=O) groups excluding carboxylic acids is 1. The lowest BCUT2D eigenvalue weighted by atomic mass is 10.3. The SMILES string of the molecule is O=C(CSc1ccc2c(c1)OCCCO2)Nc1cc(F)cc(F)c1. The summed E-state index contributed by atoms with van der Waals surface area (Å²) in [5, 5.41) is 2.47. The molecule has 3 rings (SSSR count). The lowest BCUT2D eigenvalue weighted by molar-refractivity contribution is -0.113. The van der Waals surface area contributed by atoms with Gasteiger partial charge in [-0.2, -0.15) is 0 Å². The molecule has 24 heavy (non-hydrogen) atoms. The molecule has 0 fully saturated rings. The van der Waals surface area contributed by atoms with Crippen molar-refractivity contribution in [3.63, 3.8) is 0 Å². The number of rotatable bonds is 4. The van der Waals surface area contributed by atoms with E-state index >= 15 is 0 Å². The molecule has 2 aromatic rings. The van der Waals surface area contributed by atoms with E-state index in [1.807, 2.05) is 18.2 Å². The van der Waals surface area contributed by atoms with Crippen molar-refractivity contribution in [3.05, 3.63) is 48.0 Å². The van der Waals surface area contributed by atoms with E-state index in [-0.39, 0.29) is 17.3 Å². The molecule has 1 amide bonds. The zero-order chi connectivity index (χ0) is 16.9. The fraction of sp³-hybridized carbons (Fsp3) is 0.235. The summed E-state index contributed by atoms with van der Waals surface area (Å²) in [5.74, 6) is -0.363. The number of nitrogens with one attached hydrogen (secondary N) is 1. The van der Waals surface area contributed by atoms with E-state index in [9.17, 15) is 13.6 Å². The van der Waals surface area contributed by atoms with E-state index in [1.54, 1.807) is 0 Å². The molecule has 0 radical (unpaired) electrons. The first-order chi connectivity index (χ1) is 11.6. The minimum absolute atomic E-state index is 0.0942. The van der Waals surface area contributed by atoms with Gasteiger partial charge in [-0.3, -0.25) is 4.79 Å². The number of ether oxygens (including phenoxy) is 2. The molecule has 0 atom stereocenters. The molecule has 1 aliphatic rings. The number of fused-ring (bicyclic) bond motifs is 1. The van der Waals surface area contributed by atoms with E-state index in [0.717, 1.165) is 29.5 Å². The van der Waals surface area contributed by atoms with Crippen molar-refractivity contribution < 1.29 is 23.0 Å². The minimum Gasteiger partial charge on any atom is -0.490 e.